The summed E-state index contributed by atoms with van der Waals surface area (Å²) in [5.41, 5.74) is 0. The Hall–Kier alpha value is -1.78. The van der Waals surface area contributed by atoms with E-state index in [9.17, 15) is 4.79 Å². The van der Waals surface area contributed by atoms with Crippen molar-refractivity contribution in [2.24, 2.45) is 0 Å². The lowest BCUT2D eigenvalue weighted by Gasteiger charge is -2.05. The van der Waals surface area contributed by atoms with E-state index in [1.807, 2.05) is 12.1 Å². The summed E-state index contributed by atoms with van der Waals surface area (Å²) in [5.74, 6) is 1.46. The zero-order valence-electron chi connectivity index (χ0n) is 8.91. The maximum Gasteiger partial charge on any atom is 0.221 e. The molecule has 0 saturated heterocycles. The van der Waals surface area contributed by atoms with Crippen molar-refractivity contribution in [3.63, 3.8) is 0 Å². The summed E-state index contributed by atoms with van der Waals surface area (Å²) < 4.78 is 4.97. The molecule has 15 heavy (non-hydrogen) atoms. The number of carbonyl (C=O) groups is 1. The molecule has 0 aliphatic carbocycles. The Labute approximate surface area is 88.9 Å². The van der Waals surface area contributed by atoms with E-state index in [0.29, 0.717) is 18.7 Å². The normalized spacial score (nSPS) is 9.47. The van der Waals surface area contributed by atoms with Crippen LogP contribution in [0.25, 0.3) is 0 Å². The van der Waals surface area contributed by atoms with Gasteiger partial charge in [-0.25, -0.2) is 4.98 Å². The van der Waals surface area contributed by atoms with Gasteiger partial charge in [0.15, 0.2) is 0 Å². The molecule has 5 heteroatoms. The Morgan fingerprint density at radius 3 is 2.87 bits per heavy atom. The van der Waals surface area contributed by atoms with E-state index in [1.165, 1.54) is 0 Å². The van der Waals surface area contributed by atoms with Crippen molar-refractivity contribution in [3.05, 3.63) is 18.3 Å². The molecule has 1 heterocycles. The van der Waals surface area contributed by atoms with E-state index >= 15 is 0 Å². The summed E-state index contributed by atoms with van der Waals surface area (Å²) in [6.45, 7) is 0.568. The lowest BCUT2D eigenvalue weighted by Crippen LogP contribution is -2.20. The second kappa shape index (κ2) is 5.85. The van der Waals surface area contributed by atoms with Gasteiger partial charge in [-0.1, -0.05) is 0 Å². The molecule has 0 aliphatic heterocycles. The predicted octanol–water partition coefficient (Wildman–Crippen LogP) is 0.638. The molecule has 0 fully saturated rings. The van der Waals surface area contributed by atoms with Crippen molar-refractivity contribution in [1.82, 2.24) is 10.3 Å². The van der Waals surface area contributed by atoms with Crippen LogP contribution in [0.2, 0.25) is 0 Å². The highest BCUT2D eigenvalue weighted by Gasteiger charge is 1.98. The van der Waals surface area contributed by atoms with Crippen molar-refractivity contribution in [1.29, 1.82) is 0 Å². The minimum absolute atomic E-state index is 0.0102. The lowest BCUT2D eigenvalue weighted by molar-refractivity contribution is -0.120. The van der Waals surface area contributed by atoms with Gasteiger partial charge in [0, 0.05) is 20.0 Å². The van der Waals surface area contributed by atoms with Crippen LogP contribution in [0.15, 0.2) is 18.3 Å². The monoisotopic (exact) mass is 209 g/mol. The van der Waals surface area contributed by atoms with E-state index in [4.69, 9.17) is 4.74 Å². The fraction of sp³-hybridized carbons (Fsp3) is 0.400. The summed E-state index contributed by atoms with van der Waals surface area (Å²) in [4.78, 5) is 15.0. The Balaban J connectivity index is 2.34. The van der Waals surface area contributed by atoms with Crippen molar-refractivity contribution in [2.75, 3.05) is 26.0 Å². The number of anilines is 1. The van der Waals surface area contributed by atoms with E-state index in [0.717, 1.165) is 5.82 Å². The molecule has 82 valence electrons. The van der Waals surface area contributed by atoms with Crippen molar-refractivity contribution >= 4 is 11.7 Å². The fourth-order valence-electron chi connectivity index (χ4n) is 1.03. The third kappa shape index (κ3) is 3.84. The summed E-state index contributed by atoms with van der Waals surface area (Å²) in [5, 5.41) is 5.58. The molecule has 2 N–H and O–H groups in total. The van der Waals surface area contributed by atoms with Crippen LogP contribution >= 0.6 is 0 Å². The minimum Gasteiger partial charge on any atom is -0.495 e. The van der Waals surface area contributed by atoms with Crippen LogP contribution < -0.4 is 15.4 Å². The number of methoxy groups -OCH3 is 1. The SMILES string of the molecule is CNC(=O)CCNc1ccc(OC)cn1. The first-order valence-electron chi connectivity index (χ1n) is 4.70. The second-order valence-corrected chi connectivity index (χ2v) is 2.93. The van der Waals surface area contributed by atoms with Gasteiger partial charge < -0.3 is 15.4 Å². The summed E-state index contributed by atoms with van der Waals surface area (Å²) >= 11 is 0. The van der Waals surface area contributed by atoms with Gasteiger partial charge in [-0.3, -0.25) is 4.79 Å². The van der Waals surface area contributed by atoms with Crippen LogP contribution in [0.1, 0.15) is 6.42 Å². The van der Waals surface area contributed by atoms with E-state index < -0.39 is 0 Å². The van der Waals surface area contributed by atoms with Crippen LogP contribution in [0.3, 0.4) is 0 Å². The molecule has 0 aliphatic rings. The molecule has 0 atom stereocenters. The number of ether oxygens (including phenoxy) is 1. The highest BCUT2D eigenvalue weighted by atomic mass is 16.5. The Morgan fingerprint density at radius 2 is 2.33 bits per heavy atom. The number of amides is 1. The van der Waals surface area contributed by atoms with Gasteiger partial charge in [-0.15, -0.1) is 0 Å². The molecule has 0 spiro atoms. The first kappa shape index (κ1) is 11.3. The van der Waals surface area contributed by atoms with Crippen LogP contribution in [-0.4, -0.2) is 31.6 Å². The molecule has 1 aromatic heterocycles. The smallest absolute Gasteiger partial charge is 0.221 e. The van der Waals surface area contributed by atoms with Crippen LogP contribution in [0, 0.1) is 0 Å². The molecule has 0 unspecified atom stereocenters. The van der Waals surface area contributed by atoms with E-state index in [-0.39, 0.29) is 5.91 Å². The Morgan fingerprint density at radius 1 is 1.53 bits per heavy atom. The highest BCUT2D eigenvalue weighted by molar-refractivity contribution is 5.76. The maximum atomic E-state index is 10.9. The second-order valence-electron chi connectivity index (χ2n) is 2.93. The van der Waals surface area contributed by atoms with Gasteiger partial charge >= 0.3 is 0 Å². The molecular weight excluding hydrogens is 194 g/mol. The Bertz CT molecular complexity index is 311. The summed E-state index contributed by atoms with van der Waals surface area (Å²) in [7, 11) is 3.21. The van der Waals surface area contributed by atoms with Gasteiger partial charge in [0.25, 0.3) is 0 Å². The third-order valence-electron chi connectivity index (χ3n) is 1.91. The quantitative estimate of drug-likeness (QED) is 0.747. The topological polar surface area (TPSA) is 63.2 Å². The standard InChI is InChI=1S/C10H15N3O2/c1-11-10(14)5-6-12-9-4-3-8(15-2)7-13-9/h3-4,7H,5-6H2,1-2H3,(H,11,14)(H,12,13). The largest absolute Gasteiger partial charge is 0.495 e. The third-order valence-corrected chi connectivity index (χ3v) is 1.91. The maximum absolute atomic E-state index is 10.9. The Kier molecular flexibility index (Phi) is 4.40. The number of aromatic nitrogens is 1. The van der Waals surface area contributed by atoms with Gasteiger partial charge in [0.2, 0.25) is 5.91 Å². The number of nitrogens with zero attached hydrogens (tertiary/aromatic N) is 1. The molecule has 1 amide bonds. The average molecular weight is 209 g/mol. The summed E-state index contributed by atoms with van der Waals surface area (Å²) in [6, 6.07) is 3.62. The van der Waals surface area contributed by atoms with Gasteiger partial charge in [0.05, 0.1) is 13.3 Å². The molecule has 5 nitrogen and oxygen atoms in total. The van der Waals surface area contributed by atoms with Gasteiger partial charge in [0.1, 0.15) is 11.6 Å². The number of hydrogen-bond donors (Lipinski definition) is 2. The van der Waals surface area contributed by atoms with Crippen LogP contribution in [0.4, 0.5) is 5.82 Å². The fourth-order valence-corrected chi connectivity index (χ4v) is 1.03. The number of pyridine rings is 1. The van der Waals surface area contributed by atoms with Crippen LogP contribution in [0.5, 0.6) is 5.75 Å². The molecular formula is C10H15N3O2. The first-order valence-corrected chi connectivity index (χ1v) is 4.70. The number of hydrogen-bond acceptors (Lipinski definition) is 4. The average Bonchev–Trinajstić information content (AvgIpc) is 2.29. The molecule has 0 radical (unpaired) electrons. The first-order chi connectivity index (χ1) is 7.26. The number of carbonyl (C=O) groups excluding carboxylic acids is 1. The van der Waals surface area contributed by atoms with Crippen molar-refractivity contribution in [2.45, 2.75) is 6.42 Å². The predicted molar refractivity (Wildman–Crippen MR) is 58.0 cm³/mol. The van der Waals surface area contributed by atoms with Crippen molar-refractivity contribution in [3.8, 4) is 5.75 Å². The summed E-state index contributed by atoms with van der Waals surface area (Å²) in [6.07, 6.45) is 2.06. The molecule has 0 aromatic carbocycles. The molecule has 1 rings (SSSR count). The number of nitrogens with one attached hydrogen (secondary N) is 2. The molecule has 0 bridgehead atoms. The van der Waals surface area contributed by atoms with E-state index in [1.54, 1.807) is 20.4 Å². The molecule has 1 aromatic rings. The highest BCUT2D eigenvalue weighted by Crippen LogP contribution is 2.10. The van der Waals surface area contributed by atoms with Crippen LogP contribution in [-0.2, 0) is 4.79 Å². The van der Waals surface area contributed by atoms with Gasteiger partial charge in [-0.05, 0) is 12.1 Å². The van der Waals surface area contributed by atoms with E-state index in [2.05, 4.69) is 15.6 Å². The molecule has 0 saturated carbocycles. The number of rotatable bonds is 5. The lowest BCUT2D eigenvalue weighted by atomic mass is 10.4. The van der Waals surface area contributed by atoms with Gasteiger partial charge in [-0.2, -0.15) is 0 Å². The van der Waals surface area contributed by atoms with Crippen molar-refractivity contribution < 1.29 is 9.53 Å². The zero-order chi connectivity index (χ0) is 11.1. The minimum atomic E-state index is 0.0102. The zero-order valence-corrected chi connectivity index (χ0v) is 8.91.